The molecule has 1 rings (SSSR count). The number of rotatable bonds is 4. The first-order valence-electron chi connectivity index (χ1n) is 6.37. The molecule has 108 valence electrons. The highest BCUT2D eigenvalue weighted by molar-refractivity contribution is 5.92. The van der Waals surface area contributed by atoms with Gasteiger partial charge in [-0.15, -0.1) is 0 Å². The number of nitrogens with one attached hydrogen (secondary N) is 1. The largest absolute Gasteiger partial charge is 0.481 e. The number of likely N-dealkylation sites (tertiary alicyclic amines) is 1. The number of ether oxygens (including phenoxy) is 1. The summed E-state index contributed by atoms with van der Waals surface area (Å²) in [6.45, 7) is 4.36. The normalized spacial score (nSPS) is 23.7. The van der Waals surface area contributed by atoms with Crippen molar-refractivity contribution < 1.29 is 24.2 Å². The van der Waals surface area contributed by atoms with Gasteiger partial charge in [-0.25, -0.2) is 4.79 Å². The van der Waals surface area contributed by atoms with Gasteiger partial charge in [0.05, 0.1) is 19.1 Å². The summed E-state index contributed by atoms with van der Waals surface area (Å²) in [4.78, 5) is 35.4. The van der Waals surface area contributed by atoms with Gasteiger partial charge in [-0.1, -0.05) is 0 Å². The van der Waals surface area contributed by atoms with Gasteiger partial charge in [0.25, 0.3) is 0 Å². The van der Waals surface area contributed by atoms with E-state index in [1.54, 1.807) is 6.92 Å². The molecule has 1 aliphatic heterocycles. The smallest absolute Gasteiger partial charge is 0.413 e. The van der Waals surface area contributed by atoms with E-state index in [2.05, 4.69) is 10.1 Å². The fourth-order valence-corrected chi connectivity index (χ4v) is 2.18. The minimum Gasteiger partial charge on any atom is -0.481 e. The molecule has 1 saturated heterocycles. The average molecular weight is 272 g/mol. The first kappa shape index (κ1) is 15.4. The molecule has 7 nitrogen and oxygen atoms in total. The SMILES string of the molecule is CCOC(=O)NC(=O)CN1CCC(C(=O)O)CC1C. The van der Waals surface area contributed by atoms with E-state index in [9.17, 15) is 14.4 Å². The van der Waals surface area contributed by atoms with Crippen molar-refractivity contribution in [2.45, 2.75) is 32.7 Å². The Labute approximate surface area is 111 Å². The molecule has 0 spiro atoms. The highest BCUT2D eigenvalue weighted by Gasteiger charge is 2.30. The maximum absolute atomic E-state index is 11.6. The van der Waals surface area contributed by atoms with Crippen LogP contribution in [0, 0.1) is 5.92 Å². The van der Waals surface area contributed by atoms with Crippen molar-refractivity contribution in [1.29, 1.82) is 0 Å². The molecule has 19 heavy (non-hydrogen) atoms. The lowest BCUT2D eigenvalue weighted by atomic mass is 9.92. The van der Waals surface area contributed by atoms with Gasteiger partial charge in [0, 0.05) is 6.04 Å². The number of hydrogen-bond donors (Lipinski definition) is 2. The van der Waals surface area contributed by atoms with Crippen LogP contribution in [0.4, 0.5) is 4.79 Å². The van der Waals surface area contributed by atoms with Crippen molar-refractivity contribution in [3.05, 3.63) is 0 Å². The molecule has 0 radical (unpaired) electrons. The number of carbonyl (C=O) groups excluding carboxylic acids is 2. The van der Waals surface area contributed by atoms with Crippen LogP contribution < -0.4 is 5.32 Å². The van der Waals surface area contributed by atoms with Gasteiger partial charge < -0.3 is 9.84 Å². The van der Waals surface area contributed by atoms with Crippen molar-refractivity contribution in [1.82, 2.24) is 10.2 Å². The van der Waals surface area contributed by atoms with Crippen LogP contribution in [0.1, 0.15) is 26.7 Å². The quantitative estimate of drug-likeness (QED) is 0.771. The lowest BCUT2D eigenvalue weighted by Gasteiger charge is -2.35. The number of aliphatic carboxylic acids is 1. The standard InChI is InChI=1S/C12H20N2O5/c1-3-19-12(18)13-10(15)7-14-5-4-9(11(16)17)6-8(14)2/h8-9H,3-7H2,1-2H3,(H,16,17)(H,13,15,18). The summed E-state index contributed by atoms with van der Waals surface area (Å²) < 4.78 is 4.61. The molecule has 0 aromatic rings. The topological polar surface area (TPSA) is 95.9 Å². The lowest BCUT2D eigenvalue weighted by Crippen LogP contribution is -2.48. The fourth-order valence-electron chi connectivity index (χ4n) is 2.18. The number of amides is 2. The van der Waals surface area contributed by atoms with Crippen LogP contribution in [0.5, 0.6) is 0 Å². The van der Waals surface area contributed by atoms with Crippen LogP contribution in [-0.2, 0) is 14.3 Å². The summed E-state index contributed by atoms with van der Waals surface area (Å²) >= 11 is 0. The molecule has 0 bridgehead atoms. The molecular weight excluding hydrogens is 252 g/mol. The van der Waals surface area contributed by atoms with Crippen LogP contribution in [-0.4, -0.2) is 53.7 Å². The summed E-state index contributed by atoms with van der Waals surface area (Å²) in [7, 11) is 0. The lowest BCUT2D eigenvalue weighted by molar-refractivity contribution is -0.144. The Morgan fingerprint density at radius 1 is 1.42 bits per heavy atom. The molecule has 2 unspecified atom stereocenters. The summed E-state index contributed by atoms with van der Waals surface area (Å²) in [5.74, 6) is -1.57. The van der Waals surface area contributed by atoms with E-state index in [4.69, 9.17) is 5.11 Å². The Bertz CT molecular complexity index is 358. The van der Waals surface area contributed by atoms with Crippen LogP contribution in [0.3, 0.4) is 0 Å². The maximum atomic E-state index is 11.6. The molecule has 2 atom stereocenters. The van der Waals surface area contributed by atoms with E-state index in [-0.39, 0.29) is 25.1 Å². The molecule has 1 heterocycles. The third-order valence-electron chi connectivity index (χ3n) is 3.23. The second-order valence-electron chi connectivity index (χ2n) is 4.65. The molecule has 0 aromatic carbocycles. The fraction of sp³-hybridized carbons (Fsp3) is 0.750. The van der Waals surface area contributed by atoms with Crippen molar-refractivity contribution in [2.24, 2.45) is 5.92 Å². The van der Waals surface area contributed by atoms with E-state index >= 15 is 0 Å². The third kappa shape index (κ3) is 4.86. The molecule has 1 fully saturated rings. The molecule has 0 saturated carbocycles. The van der Waals surface area contributed by atoms with Crippen molar-refractivity contribution in [2.75, 3.05) is 19.7 Å². The Kier molecular flexibility index (Phi) is 5.75. The zero-order valence-corrected chi connectivity index (χ0v) is 11.2. The summed E-state index contributed by atoms with van der Waals surface area (Å²) in [6.07, 6.45) is 0.287. The minimum absolute atomic E-state index is 0.00259. The Balaban J connectivity index is 2.39. The summed E-state index contributed by atoms with van der Waals surface area (Å²) in [6, 6.07) is 0.00259. The molecule has 1 aliphatic rings. The number of nitrogens with zero attached hydrogens (tertiary/aromatic N) is 1. The molecule has 0 aromatic heterocycles. The van der Waals surface area contributed by atoms with Crippen molar-refractivity contribution in [3.63, 3.8) is 0 Å². The zero-order valence-electron chi connectivity index (χ0n) is 11.2. The predicted octanol–water partition coefficient (Wildman–Crippen LogP) is 0.444. The molecular formula is C12H20N2O5. The average Bonchev–Trinajstić information content (AvgIpc) is 2.31. The van der Waals surface area contributed by atoms with Gasteiger partial charge in [-0.3, -0.25) is 19.8 Å². The number of carboxylic acid groups (broad SMARTS) is 1. The van der Waals surface area contributed by atoms with Gasteiger partial charge in [0.1, 0.15) is 0 Å². The molecule has 2 amide bonds. The summed E-state index contributed by atoms with van der Waals surface area (Å²) in [5.41, 5.74) is 0. The number of imide groups is 1. The number of hydrogen-bond acceptors (Lipinski definition) is 5. The third-order valence-corrected chi connectivity index (χ3v) is 3.23. The molecule has 7 heteroatoms. The van der Waals surface area contributed by atoms with E-state index in [1.807, 2.05) is 11.8 Å². The van der Waals surface area contributed by atoms with Gasteiger partial charge >= 0.3 is 12.1 Å². The van der Waals surface area contributed by atoms with Crippen LogP contribution in [0.15, 0.2) is 0 Å². The number of piperidine rings is 1. The minimum atomic E-state index is -0.789. The van der Waals surface area contributed by atoms with Gasteiger partial charge in [0.2, 0.25) is 5.91 Å². The monoisotopic (exact) mass is 272 g/mol. The number of carbonyl (C=O) groups is 3. The van der Waals surface area contributed by atoms with Crippen molar-refractivity contribution >= 4 is 18.0 Å². The van der Waals surface area contributed by atoms with E-state index in [0.717, 1.165) is 0 Å². The highest BCUT2D eigenvalue weighted by Crippen LogP contribution is 2.22. The summed E-state index contributed by atoms with van der Waals surface area (Å²) in [5, 5.41) is 11.1. The van der Waals surface area contributed by atoms with E-state index in [1.165, 1.54) is 0 Å². The van der Waals surface area contributed by atoms with Crippen LogP contribution >= 0.6 is 0 Å². The first-order chi connectivity index (χ1) is 8.93. The highest BCUT2D eigenvalue weighted by atomic mass is 16.5. The predicted molar refractivity (Wildman–Crippen MR) is 66.6 cm³/mol. The van der Waals surface area contributed by atoms with Crippen LogP contribution in [0.25, 0.3) is 0 Å². The van der Waals surface area contributed by atoms with Gasteiger partial charge in [-0.2, -0.15) is 0 Å². The Morgan fingerprint density at radius 3 is 2.63 bits per heavy atom. The van der Waals surface area contributed by atoms with Crippen LogP contribution in [0.2, 0.25) is 0 Å². The number of carboxylic acids is 1. The van der Waals surface area contributed by atoms with E-state index < -0.39 is 18.0 Å². The van der Waals surface area contributed by atoms with Gasteiger partial charge in [-0.05, 0) is 33.2 Å². The first-order valence-corrected chi connectivity index (χ1v) is 6.37. The maximum Gasteiger partial charge on any atom is 0.413 e. The van der Waals surface area contributed by atoms with Gasteiger partial charge in [0.15, 0.2) is 0 Å². The molecule has 2 N–H and O–H groups in total. The second kappa shape index (κ2) is 7.08. The van der Waals surface area contributed by atoms with E-state index in [0.29, 0.717) is 19.4 Å². The second-order valence-corrected chi connectivity index (χ2v) is 4.65. The zero-order chi connectivity index (χ0) is 14.4. The Hall–Kier alpha value is -1.63. The van der Waals surface area contributed by atoms with Crippen molar-refractivity contribution in [3.8, 4) is 0 Å². The number of alkyl carbamates (subject to hydrolysis) is 1. The molecule has 0 aliphatic carbocycles. The Morgan fingerprint density at radius 2 is 2.11 bits per heavy atom.